The number of carbonyl (C=O) groups excluding carboxylic acids is 5. The summed E-state index contributed by atoms with van der Waals surface area (Å²) in [5.41, 5.74) is 3.22. The van der Waals surface area contributed by atoms with Crippen LogP contribution in [0.15, 0.2) is 53.6 Å². The Bertz CT molecular complexity index is 1090. The summed E-state index contributed by atoms with van der Waals surface area (Å²) in [5, 5.41) is 3.70. The lowest BCUT2D eigenvalue weighted by molar-refractivity contribution is -0.145. The highest BCUT2D eigenvalue weighted by atomic mass is 16.6. The van der Waals surface area contributed by atoms with E-state index in [4.69, 9.17) is 14.2 Å². The number of ketones is 1. The molecule has 0 fully saturated rings. The van der Waals surface area contributed by atoms with Gasteiger partial charge in [0.2, 0.25) is 0 Å². The number of ether oxygens (including phenoxy) is 4. The summed E-state index contributed by atoms with van der Waals surface area (Å²) in [7, 11) is 0. The number of hydrazone groups is 1. The summed E-state index contributed by atoms with van der Waals surface area (Å²) in [6.45, 7) is 3.57. The summed E-state index contributed by atoms with van der Waals surface area (Å²) in [6.07, 6.45) is 0.221. The Hall–Kier alpha value is -4.54. The Balaban J connectivity index is 1.77. The van der Waals surface area contributed by atoms with Gasteiger partial charge in [0.15, 0.2) is 12.4 Å². The Kier molecular flexibility index (Phi) is 11.3. The van der Waals surface area contributed by atoms with Crippen LogP contribution in [0.1, 0.15) is 53.0 Å². The number of hydrogen-bond donors (Lipinski definition) is 1. The number of nitrogens with zero attached hydrogens (tertiary/aromatic N) is 1. The maximum Gasteiger partial charge on any atom is 0.427 e. The zero-order valence-corrected chi connectivity index (χ0v) is 19.9. The van der Waals surface area contributed by atoms with Crippen LogP contribution in [0.4, 0.5) is 4.79 Å². The monoisotopic (exact) mass is 498 g/mol. The minimum Gasteiger partial charge on any atom is -0.482 e. The van der Waals surface area contributed by atoms with Crippen molar-refractivity contribution < 1.29 is 42.9 Å². The molecule has 0 bridgehead atoms. The van der Waals surface area contributed by atoms with Gasteiger partial charge in [0.1, 0.15) is 5.75 Å². The van der Waals surface area contributed by atoms with Crippen LogP contribution >= 0.6 is 0 Å². The lowest BCUT2D eigenvalue weighted by Crippen LogP contribution is -2.18. The van der Waals surface area contributed by atoms with Gasteiger partial charge < -0.3 is 18.9 Å². The lowest BCUT2D eigenvalue weighted by atomic mass is 10.1. The van der Waals surface area contributed by atoms with E-state index in [2.05, 4.69) is 15.3 Å². The maximum atomic E-state index is 12.3. The van der Waals surface area contributed by atoms with Crippen LogP contribution in [0, 0.1) is 0 Å². The van der Waals surface area contributed by atoms with Gasteiger partial charge in [-0.25, -0.2) is 19.8 Å². The van der Waals surface area contributed by atoms with E-state index < -0.39 is 24.0 Å². The van der Waals surface area contributed by atoms with Crippen LogP contribution < -0.4 is 10.2 Å². The summed E-state index contributed by atoms with van der Waals surface area (Å²) in [6, 6.07) is 12.0. The van der Waals surface area contributed by atoms with E-state index in [-0.39, 0.29) is 44.0 Å². The maximum absolute atomic E-state index is 12.3. The summed E-state index contributed by atoms with van der Waals surface area (Å²) in [5.74, 6) is -2.14. The van der Waals surface area contributed by atoms with Crippen LogP contribution in [0.2, 0.25) is 0 Å². The van der Waals surface area contributed by atoms with Gasteiger partial charge in [-0.3, -0.25) is 9.59 Å². The van der Waals surface area contributed by atoms with Gasteiger partial charge in [-0.2, -0.15) is 5.10 Å². The quantitative estimate of drug-likeness (QED) is 0.116. The second-order valence-electron chi connectivity index (χ2n) is 7.02. The molecule has 36 heavy (non-hydrogen) atoms. The molecule has 0 aliphatic heterocycles. The van der Waals surface area contributed by atoms with Crippen molar-refractivity contribution in [1.82, 2.24) is 5.43 Å². The van der Waals surface area contributed by atoms with Crippen molar-refractivity contribution in [2.24, 2.45) is 5.10 Å². The molecule has 0 saturated heterocycles. The number of amides is 1. The highest BCUT2D eigenvalue weighted by molar-refractivity contribution is 6.00. The van der Waals surface area contributed by atoms with Crippen molar-refractivity contribution in [2.45, 2.75) is 26.7 Å². The average Bonchev–Trinajstić information content (AvgIpc) is 2.87. The number of Topliss-reactive ketones (excluding diaryl/α,β-unsaturated/α-hetero) is 1. The molecule has 1 amide bonds. The van der Waals surface area contributed by atoms with Crippen molar-refractivity contribution in [3.05, 3.63) is 65.2 Å². The molecule has 11 nitrogen and oxygen atoms in total. The van der Waals surface area contributed by atoms with Gasteiger partial charge in [0.25, 0.3) is 0 Å². The Morgan fingerprint density at radius 3 is 2.08 bits per heavy atom. The smallest absolute Gasteiger partial charge is 0.427 e. The molecule has 190 valence electrons. The molecule has 2 aromatic carbocycles. The average molecular weight is 498 g/mol. The highest BCUT2D eigenvalue weighted by Crippen LogP contribution is 2.15. The third-order valence-corrected chi connectivity index (χ3v) is 4.39. The Morgan fingerprint density at radius 2 is 1.44 bits per heavy atom. The van der Waals surface area contributed by atoms with Crippen molar-refractivity contribution in [2.75, 3.05) is 19.8 Å². The largest absolute Gasteiger partial charge is 0.482 e. The molecule has 2 rings (SSSR count). The Labute approximate surface area is 207 Å². The first-order chi connectivity index (χ1) is 17.3. The fourth-order valence-electron chi connectivity index (χ4n) is 2.68. The molecule has 0 radical (unpaired) electrons. The predicted molar refractivity (Wildman–Crippen MR) is 127 cm³/mol. The van der Waals surface area contributed by atoms with Gasteiger partial charge in [0.05, 0.1) is 31.4 Å². The molecule has 0 aliphatic rings. The second-order valence-corrected chi connectivity index (χ2v) is 7.02. The first-order valence-corrected chi connectivity index (χ1v) is 11.0. The molecule has 11 heteroatoms. The highest BCUT2D eigenvalue weighted by Gasteiger charge is 2.15. The van der Waals surface area contributed by atoms with Crippen LogP contribution in [-0.4, -0.2) is 55.8 Å². The van der Waals surface area contributed by atoms with E-state index in [1.807, 2.05) is 0 Å². The number of carbonyl (C=O) groups is 5. The van der Waals surface area contributed by atoms with Gasteiger partial charge >= 0.3 is 24.0 Å². The number of rotatable bonds is 12. The zero-order valence-electron chi connectivity index (χ0n) is 19.9. The van der Waals surface area contributed by atoms with E-state index in [1.54, 1.807) is 26.0 Å². The van der Waals surface area contributed by atoms with E-state index >= 15 is 0 Å². The predicted octanol–water partition coefficient (Wildman–Crippen LogP) is 3.06. The minimum absolute atomic E-state index is 0.128. The molecule has 0 aromatic heterocycles. The van der Waals surface area contributed by atoms with Crippen LogP contribution in [-0.2, 0) is 23.8 Å². The second kappa shape index (κ2) is 14.7. The van der Waals surface area contributed by atoms with Crippen LogP contribution in [0.25, 0.3) is 0 Å². The number of nitrogens with one attached hydrogen (secondary N) is 1. The Morgan fingerprint density at radius 1 is 0.806 bits per heavy atom. The molecule has 0 aliphatic carbocycles. The molecule has 0 atom stereocenters. The summed E-state index contributed by atoms with van der Waals surface area (Å²) >= 11 is 0. The minimum atomic E-state index is -0.858. The van der Waals surface area contributed by atoms with Crippen molar-refractivity contribution in [3.63, 3.8) is 0 Å². The first-order valence-electron chi connectivity index (χ1n) is 11.0. The number of benzene rings is 2. The topological polar surface area (TPSA) is 147 Å². The number of hydrogen-bond acceptors (Lipinski definition) is 10. The van der Waals surface area contributed by atoms with Gasteiger partial charge in [-0.15, -0.1) is 0 Å². The SMILES string of the molecule is CCOC(=O)COc1ccc(C(=O)CCC(=O)OC(=O)c2ccc(C=NNC(=O)OCC)cc2)cc1. The van der Waals surface area contributed by atoms with Gasteiger partial charge in [0, 0.05) is 12.0 Å². The molecule has 0 heterocycles. The third-order valence-electron chi connectivity index (χ3n) is 4.39. The van der Waals surface area contributed by atoms with Gasteiger partial charge in [-0.05, 0) is 55.8 Å². The third kappa shape index (κ3) is 9.75. The van der Waals surface area contributed by atoms with Crippen molar-refractivity contribution in [1.29, 1.82) is 0 Å². The fraction of sp³-hybridized carbons (Fsp3) is 0.280. The van der Waals surface area contributed by atoms with E-state index in [0.29, 0.717) is 16.9 Å². The van der Waals surface area contributed by atoms with Crippen molar-refractivity contribution >= 4 is 36.0 Å². The molecular weight excluding hydrogens is 472 g/mol. The molecule has 0 unspecified atom stereocenters. The molecule has 0 spiro atoms. The molecular formula is C25H26N2O9. The van der Waals surface area contributed by atoms with E-state index in [1.165, 1.54) is 42.6 Å². The summed E-state index contributed by atoms with van der Waals surface area (Å²) in [4.78, 5) is 59.0. The van der Waals surface area contributed by atoms with Crippen molar-refractivity contribution in [3.8, 4) is 5.75 Å². The lowest BCUT2D eigenvalue weighted by Gasteiger charge is -2.07. The fourth-order valence-corrected chi connectivity index (χ4v) is 2.68. The van der Waals surface area contributed by atoms with Crippen LogP contribution in [0.3, 0.4) is 0 Å². The number of esters is 3. The zero-order chi connectivity index (χ0) is 26.3. The van der Waals surface area contributed by atoms with Gasteiger partial charge in [-0.1, -0.05) is 12.1 Å². The normalized spacial score (nSPS) is 10.4. The first kappa shape index (κ1) is 27.7. The molecule has 0 saturated carbocycles. The summed E-state index contributed by atoms with van der Waals surface area (Å²) < 4.78 is 19.5. The van der Waals surface area contributed by atoms with Crippen LogP contribution in [0.5, 0.6) is 5.75 Å². The molecule has 2 aromatic rings. The molecule has 1 N–H and O–H groups in total. The van der Waals surface area contributed by atoms with E-state index in [9.17, 15) is 24.0 Å². The van der Waals surface area contributed by atoms with E-state index in [0.717, 1.165) is 0 Å². The standard InChI is InChI=1S/C25H26N2O9/c1-3-33-23(30)16-35-20-11-9-18(10-12-20)21(28)13-14-22(29)36-24(31)19-7-5-17(6-8-19)15-26-27-25(32)34-4-2/h5-12,15H,3-4,13-14,16H2,1-2H3,(H,27,32).